The first-order valence-electron chi connectivity index (χ1n) is 9.23. The molecule has 1 aliphatic rings. The van der Waals surface area contributed by atoms with Crippen LogP contribution in [0.2, 0.25) is 0 Å². The number of nitrogens with zero attached hydrogens (tertiary/aromatic N) is 4. The van der Waals surface area contributed by atoms with Gasteiger partial charge in [0.2, 0.25) is 5.78 Å². The van der Waals surface area contributed by atoms with Gasteiger partial charge in [0.15, 0.2) is 0 Å². The Balaban J connectivity index is 1.75. The zero-order valence-corrected chi connectivity index (χ0v) is 15.1. The molecule has 0 atom stereocenters. The molecule has 4 nitrogen and oxygen atoms in total. The van der Waals surface area contributed by atoms with Gasteiger partial charge in [-0.15, -0.1) is 0 Å². The highest BCUT2D eigenvalue weighted by Crippen LogP contribution is 2.28. The lowest BCUT2D eigenvalue weighted by Gasteiger charge is -2.28. The van der Waals surface area contributed by atoms with E-state index in [-0.39, 0.29) is 5.41 Å². The van der Waals surface area contributed by atoms with Crippen molar-refractivity contribution >= 4 is 16.8 Å². The van der Waals surface area contributed by atoms with Crippen LogP contribution in [0.25, 0.3) is 16.8 Å². The maximum absolute atomic E-state index is 4.92. The molecular formula is C20H28N4. The Morgan fingerprint density at radius 2 is 1.75 bits per heavy atom. The summed E-state index contributed by atoms with van der Waals surface area (Å²) >= 11 is 0. The van der Waals surface area contributed by atoms with Crippen LogP contribution in [0.3, 0.4) is 0 Å². The molecule has 0 radical (unpaired) electrons. The lowest BCUT2D eigenvalue weighted by molar-refractivity contribution is 0.220. The molecule has 3 heterocycles. The van der Waals surface area contributed by atoms with E-state index >= 15 is 0 Å². The second kappa shape index (κ2) is 5.92. The number of benzene rings is 1. The third kappa shape index (κ3) is 2.73. The van der Waals surface area contributed by atoms with E-state index in [0.717, 1.165) is 24.4 Å². The van der Waals surface area contributed by atoms with E-state index in [1.54, 1.807) is 0 Å². The van der Waals surface area contributed by atoms with E-state index in [2.05, 4.69) is 65.1 Å². The third-order valence-corrected chi connectivity index (χ3v) is 5.22. The van der Waals surface area contributed by atoms with Crippen molar-refractivity contribution < 1.29 is 0 Å². The molecule has 0 aliphatic carbocycles. The number of fused-ring (bicyclic) bond motifs is 3. The van der Waals surface area contributed by atoms with E-state index in [1.165, 1.54) is 43.6 Å². The van der Waals surface area contributed by atoms with Gasteiger partial charge in [-0.1, -0.05) is 39.3 Å². The predicted molar refractivity (Wildman–Crippen MR) is 99.7 cm³/mol. The monoisotopic (exact) mass is 324 g/mol. The van der Waals surface area contributed by atoms with Gasteiger partial charge in [-0.3, -0.25) is 4.40 Å². The van der Waals surface area contributed by atoms with Gasteiger partial charge in [0, 0.05) is 30.4 Å². The Bertz CT molecular complexity index is 844. The van der Waals surface area contributed by atoms with Crippen molar-refractivity contribution in [2.45, 2.75) is 52.0 Å². The molecule has 1 aliphatic heterocycles. The molecule has 0 bridgehead atoms. The van der Waals surface area contributed by atoms with Crippen LogP contribution in [0, 0.1) is 0 Å². The van der Waals surface area contributed by atoms with Crippen LogP contribution in [-0.4, -0.2) is 38.5 Å². The summed E-state index contributed by atoms with van der Waals surface area (Å²) in [6.07, 6.45) is 6.38. The smallest absolute Gasteiger partial charge is 0.215 e. The number of piperidine rings is 1. The molecule has 128 valence electrons. The largest absolute Gasteiger partial charge is 0.312 e. The minimum atomic E-state index is 0.115. The van der Waals surface area contributed by atoms with Gasteiger partial charge in [0.05, 0.1) is 11.0 Å². The van der Waals surface area contributed by atoms with E-state index in [1.807, 2.05) is 0 Å². The van der Waals surface area contributed by atoms with E-state index in [0.29, 0.717) is 0 Å². The fourth-order valence-electron chi connectivity index (χ4n) is 3.89. The molecule has 4 heteroatoms. The Morgan fingerprint density at radius 1 is 1.00 bits per heavy atom. The fraction of sp³-hybridized carbons (Fsp3) is 0.550. The van der Waals surface area contributed by atoms with Crippen molar-refractivity contribution in [3.63, 3.8) is 0 Å². The summed E-state index contributed by atoms with van der Waals surface area (Å²) in [5.41, 5.74) is 3.77. The number of hydrogen-bond acceptors (Lipinski definition) is 2. The summed E-state index contributed by atoms with van der Waals surface area (Å²) in [6.45, 7) is 11.5. The molecule has 0 spiro atoms. The first-order valence-corrected chi connectivity index (χ1v) is 9.23. The van der Waals surface area contributed by atoms with Crippen LogP contribution >= 0.6 is 0 Å². The van der Waals surface area contributed by atoms with E-state index < -0.39 is 0 Å². The van der Waals surface area contributed by atoms with Crippen molar-refractivity contribution in [3.05, 3.63) is 36.2 Å². The molecular weight excluding hydrogens is 296 g/mol. The average molecular weight is 324 g/mol. The molecule has 3 aromatic rings. The van der Waals surface area contributed by atoms with Gasteiger partial charge < -0.3 is 9.47 Å². The van der Waals surface area contributed by atoms with Gasteiger partial charge in [-0.25, -0.2) is 4.98 Å². The fourth-order valence-corrected chi connectivity index (χ4v) is 3.89. The number of para-hydroxylation sites is 2. The topological polar surface area (TPSA) is 25.5 Å². The Kier molecular flexibility index (Phi) is 3.87. The molecule has 1 aromatic carbocycles. The summed E-state index contributed by atoms with van der Waals surface area (Å²) in [5, 5.41) is 0. The summed E-state index contributed by atoms with van der Waals surface area (Å²) < 4.78 is 4.71. The molecule has 4 rings (SSSR count). The van der Waals surface area contributed by atoms with Gasteiger partial charge in [-0.2, -0.15) is 0 Å². The summed E-state index contributed by atoms with van der Waals surface area (Å²) in [6, 6.07) is 8.43. The van der Waals surface area contributed by atoms with Crippen molar-refractivity contribution in [3.8, 4) is 0 Å². The predicted octanol–water partition coefficient (Wildman–Crippen LogP) is 4.07. The molecule has 1 saturated heterocycles. The summed E-state index contributed by atoms with van der Waals surface area (Å²) in [5.74, 6) is 1.08. The van der Waals surface area contributed by atoms with Crippen LogP contribution in [-0.2, 0) is 12.0 Å². The second-order valence-corrected chi connectivity index (χ2v) is 8.09. The van der Waals surface area contributed by atoms with Gasteiger partial charge >= 0.3 is 0 Å². The van der Waals surface area contributed by atoms with Crippen molar-refractivity contribution in [2.75, 3.05) is 19.6 Å². The van der Waals surface area contributed by atoms with Crippen LogP contribution in [0.15, 0.2) is 30.5 Å². The highest BCUT2D eigenvalue weighted by molar-refractivity contribution is 5.79. The SMILES string of the molecule is CC(C)(C)c1cn2c3ccccc3nc2n1CCN1CCCCC1. The van der Waals surface area contributed by atoms with E-state index in [4.69, 9.17) is 4.98 Å². The molecule has 0 amide bonds. The van der Waals surface area contributed by atoms with Crippen LogP contribution < -0.4 is 0 Å². The van der Waals surface area contributed by atoms with Crippen LogP contribution in [0.1, 0.15) is 45.7 Å². The number of hydrogen-bond donors (Lipinski definition) is 0. The van der Waals surface area contributed by atoms with Gasteiger partial charge in [-0.05, 0) is 38.1 Å². The lowest BCUT2D eigenvalue weighted by atomic mass is 9.92. The van der Waals surface area contributed by atoms with Crippen LogP contribution in [0.5, 0.6) is 0 Å². The Hall–Kier alpha value is -1.81. The zero-order chi connectivity index (χ0) is 16.7. The second-order valence-electron chi connectivity index (χ2n) is 8.09. The average Bonchev–Trinajstić information content (AvgIpc) is 3.10. The van der Waals surface area contributed by atoms with Crippen LogP contribution in [0.4, 0.5) is 0 Å². The molecule has 2 aromatic heterocycles. The first kappa shape index (κ1) is 15.7. The number of rotatable bonds is 3. The van der Waals surface area contributed by atoms with Gasteiger partial charge in [0.1, 0.15) is 0 Å². The van der Waals surface area contributed by atoms with Crippen molar-refractivity contribution in [1.82, 2.24) is 18.9 Å². The molecule has 0 unspecified atom stereocenters. The molecule has 1 fully saturated rings. The Morgan fingerprint density at radius 3 is 2.50 bits per heavy atom. The maximum atomic E-state index is 4.92. The third-order valence-electron chi connectivity index (χ3n) is 5.22. The standard InChI is InChI=1S/C20H28N4/c1-20(2,3)18-15-24-17-10-6-5-9-16(17)21-19(24)23(18)14-13-22-11-7-4-8-12-22/h5-6,9-10,15H,4,7-8,11-14H2,1-3H3. The minimum absolute atomic E-state index is 0.115. The molecule has 0 N–H and O–H groups in total. The number of likely N-dealkylation sites (tertiary alicyclic amines) is 1. The van der Waals surface area contributed by atoms with Crippen molar-refractivity contribution in [1.29, 1.82) is 0 Å². The van der Waals surface area contributed by atoms with Gasteiger partial charge in [0.25, 0.3) is 0 Å². The molecule has 0 saturated carbocycles. The maximum Gasteiger partial charge on any atom is 0.215 e. The number of aromatic nitrogens is 3. The van der Waals surface area contributed by atoms with E-state index in [9.17, 15) is 0 Å². The zero-order valence-electron chi connectivity index (χ0n) is 15.1. The number of imidazole rings is 2. The summed E-state index contributed by atoms with van der Waals surface area (Å²) in [4.78, 5) is 7.53. The van der Waals surface area contributed by atoms with Crippen molar-refractivity contribution in [2.24, 2.45) is 0 Å². The molecule has 24 heavy (non-hydrogen) atoms. The normalized spacial score (nSPS) is 17.1. The lowest BCUT2D eigenvalue weighted by Crippen LogP contribution is -2.33. The first-order chi connectivity index (χ1) is 11.5. The highest BCUT2D eigenvalue weighted by Gasteiger charge is 2.23. The minimum Gasteiger partial charge on any atom is -0.312 e. The Labute approximate surface area is 144 Å². The highest BCUT2D eigenvalue weighted by atomic mass is 15.2. The quantitative estimate of drug-likeness (QED) is 0.725. The summed E-state index contributed by atoms with van der Waals surface area (Å²) in [7, 11) is 0.